The summed E-state index contributed by atoms with van der Waals surface area (Å²) < 4.78 is 0. The highest BCUT2D eigenvalue weighted by atomic mass is 32.1. The molecule has 3 atom stereocenters. The maximum atomic E-state index is 4.03. The Labute approximate surface area is 88.9 Å². The summed E-state index contributed by atoms with van der Waals surface area (Å²) >= 11 is 1.59. The van der Waals surface area contributed by atoms with Crippen LogP contribution in [-0.4, -0.2) is 16.2 Å². The van der Waals surface area contributed by atoms with Crippen LogP contribution in [0.5, 0.6) is 0 Å². The Morgan fingerprint density at radius 2 is 2.29 bits per heavy atom. The number of anilines is 1. The quantitative estimate of drug-likeness (QED) is 0.817. The van der Waals surface area contributed by atoms with Gasteiger partial charge in [0.25, 0.3) is 0 Å². The summed E-state index contributed by atoms with van der Waals surface area (Å²) in [6.45, 7) is 4.66. The predicted molar refractivity (Wildman–Crippen MR) is 59.5 cm³/mol. The van der Waals surface area contributed by atoms with Gasteiger partial charge in [-0.25, -0.2) is 0 Å². The molecule has 0 radical (unpaired) electrons. The van der Waals surface area contributed by atoms with Crippen molar-refractivity contribution in [1.82, 2.24) is 10.2 Å². The number of hydrogen-bond acceptors (Lipinski definition) is 4. The van der Waals surface area contributed by atoms with Crippen LogP contribution >= 0.6 is 11.3 Å². The molecular weight excluding hydrogens is 194 g/mol. The SMILES string of the molecule is CC1CCC(C)C(Nc2nncs2)C1. The van der Waals surface area contributed by atoms with Crippen LogP contribution < -0.4 is 5.32 Å². The first-order valence-corrected chi connectivity index (χ1v) is 6.16. The normalized spacial score (nSPS) is 32.9. The molecule has 1 aliphatic rings. The van der Waals surface area contributed by atoms with Gasteiger partial charge in [0.05, 0.1) is 0 Å². The second-order valence-electron chi connectivity index (χ2n) is 4.39. The van der Waals surface area contributed by atoms with E-state index in [1.165, 1.54) is 19.3 Å². The molecule has 2 rings (SSSR count). The molecular formula is C10H17N3S. The molecule has 78 valence electrons. The molecule has 14 heavy (non-hydrogen) atoms. The van der Waals surface area contributed by atoms with Crippen LogP contribution in [0.2, 0.25) is 0 Å². The Balaban J connectivity index is 1.95. The lowest BCUT2D eigenvalue weighted by molar-refractivity contribution is 0.280. The van der Waals surface area contributed by atoms with Gasteiger partial charge in [0.2, 0.25) is 5.13 Å². The highest BCUT2D eigenvalue weighted by molar-refractivity contribution is 7.13. The van der Waals surface area contributed by atoms with E-state index in [0.717, 1.165) is 17.0 Å². The van der Waals surface area contributed by atoms with Gasteiger partial charge in [0.15, 0.2) is 0 Å². The summed E-state index contributed by atoms with van der Waals surface area (Å²) in [5, 5.41) is 12.3. The maximum Gasteiger partial charge on any atom is 0.205 e. The van der Waals surface area contributed by atoms with Gasteiger partial charge in [-0.3, -0.25) is 0 Å². The molecule has 0 saturated heterocycles. The minimum absolute atomic E-state index is 0.590. The zero-order valence-electron chi connectivity index (χ0n) is 8.73. The molecule has 1 aromatic heterocycles. The van der Waals surface area contributed by atoms with Gasteiger partial charge in [-0.05, 0) is 24.7 Å². The minimum Gasteiger partial charge on any atom is -0.357 e. The van der Waals surface area contributed by atoms with Crippen molar-refractivity contribution in [2.24, 2.45) is 11.8 Å². The average Bonchev–Trinajstić information content (AvgIpc) is 2.64. The van der Waals surface area contributed by atoms with E-state index in [4.69, 9.17) is 0 Å². The van der Waals surface area contributed by atoms with Gasteiger partial charge in [0, 0.05) is 6.04 Å². The summed E-state index contributed by atoms with van der Waals surface area (Å²) in [5.74, 6) is 1.60. The first kappa shape index (κ1) is 9.90. The van der Waals surface area contributed by atoms with Crippen molar-refractivity contribution in [3.63, 3.8) is 0 Å². The van der Waals surface area contributed by atoms with Crippen LogP contribution in [0.4, 0.5) is 5.13 Å². The zero-order chi connectivity index (χ0) is 9.97. The van der Waals surface area contributed by atoms with Gasteiger partial charge in [0.1, 0.15) is 5.51 Å². The third-order valence-corrected chi connectivity index (χ3v) is 3.75. The van der Waals surface area contributed by atoms with E-state index >= 15 is 0 Å². The molecule has 1 aliphatic carbocycles. The van der Waals surface area contributed by atoms with E-state index in [9.17, 15) is 0 Å². The fourth-order valence-corrected chi connectivity index (χ4v) is 2.64. The molecule has 1 N–H and O–H groups in total. The van der Waals surface area contributed by atoms with E-state index in [2.05, 4.69) is 29.4 Å². The Morgan fingerprint density at radius 1 is 1.43 bits per heavy atom. The Kier molecular flexibility index (Phi) is 3.01. The Hall–Kier alpha value is -0.640. The van der Waals surface area contributed by atoms with Crippen molar-refractivity contribution in [1.29, 1.82) is 0 Å². The molecule has 1 heterocycles. The third-order valence-electron chi connectivity index (χ3n) is 3.13. The molecule has 0 aromatic carbocycles. The monoisotopic (exact) mass is 211 g/mol. The van der Waals surface area contributed by atoms with Crippen LogP contribution in [-0.2, 0) is 0 Å². The number of nitrogens with zero attached hydrogens (tertiary/aromatic N) is 2. The fraction of sp³-hybridized carbons (Fsp3) is 0.800. The second-order valence-corrected chi connectivity index (χ2v) is 5.22. The van der Waals surface area contributed by atoms with E-state index in [0.29, 0.717) is 6.04 Å². The van der Waals surface area contributed by atoms with Crippen LogP contribution in [0.25, 0.3) is 0 Å². The molecule has 3 unspecified atom stereocenters. The van der Waals surface area contributed by atoms with Gasteiger partial charge < -0.3 is 5.32 Å². The molecule has 0 spiro atoms. The van der Waals surface area contributed by atoms with Crippen molar-refractivity contribution in [3.05, 3.63) is 5.51 Å². The van der Waals surface area contributed by atoms with Crippen molar-refractivity contribution < 1.29 is 0 Å². The summed E-state index contributed by atoms with van der Waals surface area (Å²) in [6, 6.07) is 0.590. The highest BCUT2D eigenvalue weighted by Crippen LogP contribution is 2.30. The van der Waals surface area contributed by atoms with E-state index in [1.54, 1.807) is 16.8 Å². The standard InChI is InChI=1S/C10H17N3S/c1-7-3-4-8(2)9(5-7)12-10-13-11-6-14-10/h6-9H,3-5H2,1-2H3,(H,12,13). The Morgan fingerprint density at radius 3 is 3.00 bits per heavy atom. The summed E-state index contributed by atoms with van der Waals surface area (Å²) in [6.07, 6.45) is 3.97. The van der Waals surface area contributed by atoms with Crippen LogP contribution in [0, 0.1) is 11.8 Å². The molecule has 0 aliphatic heterocycles. The Bertz CT molecular complexity index is 273. The van der Waals surface area contributed by atoms with E-state index in [1.807, 2.05) is 0 Å². The number of aromatic nitrogens is 2. The topological polar surface area (TPSA) is 37.8 Å². The van der Waals surface area contributed by atoms with Gasteiger partial charge in [-0.2, -0.15) is 0 Å². The average molecular weight is 211 g/mol. The second kappa shape index (κ2) is 4.26. The highest BCUT2D eigenvalue weighted by Gasteiger charge is 2.25. The summed E-state index contributed by atoms with van der Waals surface area (Å²) in [4.78, 5) is 0. The third kappa shape index (κ3) is 2.23. The first-order valence-electron chi connectivity index (χ1n) is 5.28. The lowest BCUT2D eigenvalue weighted by Crippen LogP contribution is -2.33. The zero-order valence-corrected chi connectivity index (χ0v) is 9.55. The predicted octanol–water partition coefficient (Wildman–Crippen LogP) is 2.77. The van der Waals surface area contributed by atoms with Gasteiger partial charge in [-0.1, -0.05) is 31.6 Å². The maximum absolute atomic E-state index is 4.03. The summed E-state index contributed by atoms with van der Waals surface area (Å²) in [5.41, 5.74) is 1.78. The smallest absolute Gasteiger partial charge is 0.205 e. The van der Waals surface area contributed by atoms with Crippen LogP contribution in [0.15, 0.2) is 5.51 Å². The number of hydrogen-bond donors (Lipinski definition) is 1. The largest absolute Gasteiger partial charge is 0.357 e. The van der Waals surface area contributed by atoms with E-state index in [-0.39, 0.29) is 0 Å². The van der Waals surface area contributed by atoms with Crippen molar-refractivity contribution in [3.8, 4) is 0 Å². The first-order chi connectivity index (χ1) is 6.75. The van der Waals surface area contributed by atoms with Crippen molar-refractivity contribution in [2.45, 2.75) is 39.2 Å². The van der Waals surface area contributed by atoms with E-state index < -0.39 is 0 Å². The molecule has 1 saturated carbocycles. The van der Waals surface area contributed by atoms with Crippen molar-refractivity contribution in [2.75, 3.05) is 5.32 Å². The van der Waals surface area contributed by atoms with Crippen LogP contribution in [0.1, 0.15) is 33.1 Å². The molecule has 4 heteroatoms. The molecule has 0 bridgehead atoms. The summed E-state index contributed by atoms with van der Waals surface area (Å²) in [7, 11) is 0. The lowest BCUT2D eigenvalue weighted by Gasteiger charge is -2.32. The van der Waals surface area contributed by atoms with Gasteiger partial charge >= 0.3 is 0 Å². The minimum atomic E-state index is 0.590. The van der Waals surface area contributed by atoms with Crippen molar-refractivity contribution >= 4 is 16.5 Å². The lowest BCUT2D eigenvalue weighted by atomic mass is 9.80. The molecule has 1 fully saturated rings. The molecule has 3 nitrogen and oxygen atoms in total. The fourth-order valence-electron chi connectivity index (χ4n) is 2.13. The molecule has 0 amide bonds. The van der Waals surface area contributed by atoms with Gasteiger partial charge in [-0.15, -0.1) is 10.2 Å². The number of nitrogens with one attached hydrogen (secondary N) is 1. The molecule has 1 aromatic rings. The number of rotatable bonds is 2. The van der Waals surface area contributed by atoms with Crippen LogP contribution in [0.3, 0.4) is 0 Å².